The number of hydrogen-bond acceptors (Lipinski definition) is 7. The first kappa shape index (κ1) is 17.7. The van der Waals surface area contributed by atoms with Crippen LogP contribution in [0.2, 0.25) is 5.02 Å². The van der Waals surface area contributed by atoms with E-state index < -0.39 is 0 Å². The van der Waals surface area contributed by atoms with Crippen LogP contribution >= 0.6 is 22.9 Å². The third-order valence-electron chi connectivity index (χ3n) is 4.27. The van der Waals surface area contributed by atoms with Gasteiger partial charge in [-0.2, -0.15) is 0 Å². The second kappa shape index (κ2) is 6.82. The Morgan fingerprint density at radius 1 is 1.48 bits per heavy atom. The van der Waals surface area contributed by atoms with Crippen molar-refractivity contribution in [2.75, 3.05) is 12.3 Å². The summed E-state index contributed by atoms with van der Waals surface area (Å²) in [6.45, 7) is 1.53. The molecule has 1 aliphatic carbocycles. The summed E-state index contributed by atoms with van der Waals surface area (Å²) in [7, 11) is 0. The topological polar surface area (TPSA) is 112 Å². The van der Waals surface area contributed by atoms with E-state index in [0.29, 0.717) is 26.3 Å². The van der Waals surface area contributed by atoms with Gasteiger partial charge in [-0.3, -0.25) is 14.2 Å². The van der Waals surface area contributed by atoms with Crippen LogP contribution < -0.4 is 15.8 Å². The van der Waals surface area contributed by atoms with Gasteiger partial charge in [-0.05, 0) is 25.3 Å². The number of rotatable bonds is 5. The summed E-state index contributed by atoms with van der Waals surface area (Å²) in [5.41, 5.74) is 7.21. The Morgan fingerprint density at radius 3 is 2.93 bits per heavy atom. The molecule has 3 aromatic rings. The molecule has 0 unspecified atom stereocenters. The molecule has 3 aromatic heterocycles. The van der Waals surface area contributed by atoms with Gasteiger partial charge in [-0.15, -0.1) is 11.3 Å². The van der Waals surface area contributed by atoms with E-state index in [4.69, 9.17) is 22.1 Å². The molecule has 0 aromatic carbocycles. The van der Waals surface area contributed by atoms with Crippen LogP contribution in [0.5, 0.6) is 5.88 Å². The summed E-state index contributed by atoms with van der Waals surface area (Å²) in [5, 5.41) is 3.82. The number of carbonyl (C=O) groups excluding carboxylic acids is 2. The molecule has 1 saturated carbocycles. The number of nitrogens with one attached hydrogen (secondary N) is 1. The van der Waals surface area contributed by atoms with E-state index in [0.717, 1.165) is 12.8 Å². The molecule has 0 radical (unpaired) electrons. The molecule has 3 heterocycles. The van der Waals surface area contributed by atoms with Crippen molar-refractivity contribution in [1.82, 2.24) is 19.9 Å². The number of ether oxygens (including phenoxy) is 1. The third-order valence-corrected chi connectivity index (χ3v) is 5.81. The van der Waals surface area contributed by atoms with Crippen LogP contribution in [0.3, 0.4) is 0 Å². The smallest absolute Gasteiger partial charge is 0.269 e. The monoisotopic (exact) mass is 405 g/mol. The Kier molecular flexibility index (Phi) is 4.48. The van der Waals surface area contributed by atoms with E-state index in [-0.39, 0.29) is 35.4 Å². The van der Waals surface area contributed by atoms with E-state index in [1.54, 1.807) is 6.92 Å². The molecule has 0 spiro atoms. The fourth-order valence-electron chi connectivity index (χ4n) is 2.64. The highest BCUT2D eigenvalue weighted by Gasteiger charge is 2.27. The molecular weight excluding hydrogens is 390 g/mol. The average Bonchev–Trinajstić information content (AvgIpc) is 3.16. The van der Waals surface area contributed by atoms with E-state index in [1.807, 2.05) is 0 Å². The van der Waals surface area contributed by atoms with Crippen molar-refractivity contribution in [2.24, 2.45) is 0 Å². The van der Waals surface area contributed by atoms with Gasteiger partial charge in [0.25, 0.3) is 11.8 Å². The van der Waals surface area contributed by atoms with Crippen LogP contribution in [0.15, 0.2) is 18.7 Å². The number of thiophene rings is 1. The quantitative estimate of drug-likeness (QED) is 0.674. The number of amides is 1. The van der Waals surface area contributed by atoms with E-state index in [2.05, 4.69) is 15.3 Å². The molecule has 0 bridgehead atoms. The number of nitrogens with zero attached hydrogens (tertiary/aromatic N) is 3. The van der Waals surface area contributed by atoms with Gasteiger partial charge in [0, 0.05) is 23.8 Å². The number of carbonyl (C=O) groups is 2. The average molecular weight is 406 g/mol. The number of fused-ring (bicyclic) bond motifs is 1. The molecule has 1 fully saturated rings. The lowest BCUT2D eigenvalue weighted by molar-refractivity contribution is 0.0833. The maximum absolute atomic E-state index is 12.4. The largest absolute Gasteiger partial charge is 0.466 e. The molecule has 10 heteroatoms. The fraction of sp³-hybridized carbons (Fsp3) is 0.294. The summed E-state index contributed by atoms with van der Waals surface area (Å²) in [6.07, 6.45) is 6.40. The highest BCUT2D eigenvalue weighted by molar-refractivity contribution is 7.21. The molecule has 0 saturated heterocycles. The van der Waals surface area contributed by atoms with Crippen LogP contribution in [0, 0.1) is 6.92 Å². The van der Waals surface area contributed by atoms with E-state index >= 15 is 0 Å². The molecule has 0 atom stereocenters. The van der Waals surface area contributed by atoms with Gasteiger partial charge in [0.05, 0.1) is 5.69 Å². The molecule has 8 nitrogen and oxygen atoms in total. The molecule has 27 heavy (non-hydrogen) atoms. The lowest BCUT2D eigenvalue weighted by Gasteiger charge is -2.09. The SMILES string of the molecule is Cc1c(Cl)c(OCC(=O)n2ccnc2)nc2sc(C(=O)NC3CC3)c(N)c12. The van der Waals surface area contributed by atoms with E-state index in [1.165, 1.54) is 34.6 Å². The fourth-order valence-corrected chi connectivity index (χ4v) is 3.88. The van der Waals surface area contributed by atoms with Crippen LogP contribution in [0.25, 0.3) is 10.2 Å². The second-order valence-corrected chi connectivity index (χ2v) is 7.66. The zero-order valence-corrected chi connectivity index (χ0v) is 15.9. The van der Waals surface area contributed by atoms with Gasteiger partial charge in [0.15, 0.2) is 6.61 Å². The highest BCUT2D eigenvalue weighted by Crippen LogP contribution is 2.40. The highest BCUT2D eigenvalue weighted by atomic mass is 35.5. The Bertz CT molecular complexity index is 1040. The molecule has 3 N–H and O–H groups in total. The molecule has 0 aliphatic heterocycles. The standard InChI is InChI=1S/C17H16ClN5O3S/c1-8-11-13(19)14(15(25)21-9-2-3-9)27-17(11)22-16(12(8)18)26-6-10(24)23-5-4-20-7-23/h4-5,7,9H,2-3,6,19H2,1H3,(H,21,25). The third kappa shape index (κ3) is 3.35. The minimum atomic E-state index is -0.307. The lowest BCUT2D eigenvalue weighted by Crippen LogP contribution is -2.25. The number of nitrogen functional groups attached to an aromatic ring is 1. The molecule has 4 rings (SSSR count). The first-order chi connectivity index (χ1) is 13.0. The van der Waals surface area contributed by atoms with Crippen LogP contribution in [-0.2, 0) is 0 Å². The van der Waals surface area contributed by atoms with Crippen molar-refractivity contribution in [3.8, 4) is 5.88 Å². The van der Waals surface area contributed by atoms with Gasteiger partial charge in [0.2, 0.25) is 5.88 Å². The Morgan fingerprint density at radius 2 is 2.26 bits per heavy atom. The summed E-state index contributed by atoms with van der Waals surface area (Å²) in [5.74, 6) is -0.380. The number of hydrogen-bond donors (Lipinski definition) is 2. The number of aryl methyl sites for hydroxylation is 1. The summed E-state index contributed by atoms with van der Waals surface area (Å²) < 4.78 is 6.83. The maximum atomic E-state index is 12.4. The summed E-state index contributed by atoms with van der Waals surface area (Å²) in [6, 6.07) is 0.229. The first-order valence-corrected chi connectivity index (χ1v) is 9.48. The van der Waals surface area contributed by atoms with Crippen LogP contribution in [-0.4, -0.2) is 39.0 Å². The van der Waals surface area contributed by atoms with Crippen molar-refractivity contribution in [3.63, 3.8) is 0 Å². The zero-order chi connectivity index (χ0) is 19.1. The minimum absolute atomic E-state index is 0.130. The van der Waals surface area contributed by atoms with Gasteiger partial charge >= 0.3 is 0 Å². The Hall–Kier alpha value is -2.65. The Labute approximate surface area is 163 Å². The van der Waals surface area contributed by atoms with Crippen LogP contribution in [0.1, 0.15) is 32.9 Å². The van der Waals surface area contributed by atoms with Crippen molar-refractivity contribution in [2.45, 2.75) is 25.8 Å². The maximum Gasteiger partial charge on any atom is 0.269 e. The number of halogens is 1. The predicted molar refractivity (Wildman–Crippen MR) is 103 cm³/mol. The minimum Gasteiger partial charge on any atom is -0.466 e. The first-order valence-electron chi connectivity index (χ1n) is 8.28. The number of imidazole rings is 1. The number of nitrogens with two attached hydrogens (primary N) is 1. The van der Waals surface area contributed by atoms with Gasteiger partial charge < -0.3 is 15.8 Å². The van der Waals surface area contributed by atoms with Crippen molar-refractivity contribution in [1.29, 1.82) is 0 Å². The zero-order valence-electron chi connectivity index (χ0n) is 14.4. The molecule has 140 valence electrons. The van der Waals surface area contributed by atoms with Crippen molar-refractivity contribution >= 4 is 50.7 Å². The molecule has 1 amide bonds. The molecular formula is C17H16ClN5O3S. The Balaban J connectivity index is 1.63. The number of pyridine rings is 1. The number of aromatic nitrogens is 3. The van der Waals surface area contributed by atoms with E-state index in [9.17, 15) is 9.59 Å². The van der Waals surface area contributed by atoms with Gasteiger partial charge in [0.1, 0.15) is 21.1 Å². The predicted octanol–water partition coefficient (Wildman–Crippen LogP) is 2.65. The summed E-state index contributed by atoms with van der Waals surface area (Å²) >= 11 is 7.55. The summed E-state index contributed by atoms with van der Waals surface area (Å²) in [4.78, 5) is 33.6. The number of anilines is 1. The van der Waals surface area contributed by atoms with Crippen LogP contribution in [0.4, 0.5) is 5.69 Å². The van der Waals surface area contributed by atoms with Gasteiger partial charge in [-0.1, -0.05) is 11.6 Å². The lowest BCUT2D eigenvalue weighted by atomic mass is 10.1. The van der Waals surface area contributed by atoms with Crippen molar-refractivity contribution in [3.05, 3.63) is 34.2 Å². The second-order valence-electron chi connectivity index (χ2n) is 6.28. The van der Waals surface area contributed by atoms with Gasteiger partial charge in [-0.25, -0.2) is 9.97 Å². The molecule has 1 aliphatic rings. The normalized spacial score (nSPS) is 13.7. The van der Waals surface area contributed by atoms with Crippen molar-refractivity contribution < 1.29 is 14.3 Å².